The molecule has 132 valence electrons. The Balaban J connectivity index is 2.12. The monoisotopic (exact) mass is 352 g/mol. The fourth-order valence-electron chi connectivity index (χ4n) is 2.43. The minimum atomic E-state index is 0.135. The third-order valence-electron chi connectivity index (χ3n) is 4.11. The van der Waals surface area contributed by atoms with E-state index in [2.05, 4.69) is 19.2 Å². The van der Waals surface area contributed by atoms with Crippen molar-refractivity contribution < 1.29 is 19.0 Å². The molecule has 1 heterocycles. The van der Waals surface area contributed by atoms with Gasteiger partial charge < -0.3 is 24.4 Å². The number of benzene rings is 1. The highest BCUT2D eigenvalue weighted by molar-refractivity contribution is 7.80. The van der Waals surface area contributed by atoms with Gasteiger partial charge in [0, 0.05) is 19.6 Å². The maximum absolute atomic E-state index is 11.5. The molecule has 7 heteroatoms. The van der Waals surface area contributed by atoms with E-state index in [4.69, 9.17) is 26.4 Å². The molecule has 0 saturated carbocycles. The van der Waals surface area contributed by atoms with Crippen molar-refractivity contribution in [3.63, 3.8) is 0 Å². The van der Waals surface area contributed by atoms with Crippen LogP contribution in [-0.2, 0) is 6.42 Å². The van der Waals surface area contributed by atoms with Crippen molar-refractivity contribution in [2.24, 2.45) is 0 Å². The number of nitrogens with one attached hydrogen (secondary N) is 1. The molecule has 0 amide bonds. The number of thiocarbonyl (C=S) groups is 1. The molecular weight excluding hydrogens is 328 g/mol. The third-order valence-corrected chi connectivity index (χ3v) is 4.54. The maximum atomic E-state index is 11.5. The van der Waals surface area contributed by atoms with E-state index in [1.54, 1.807) is 0 Å². The quantitative estimate of drug-likeness (QED) is 0.597. The lowest BCUT2D eigenvalue weighted by atomic mass is 10.0. The van der Waals surface area contributed by atoms with Gasteiger partial charge in [-0.15, -0.1) is 0 Å². The number of ether oxygens (including phenoxy) is 3. The summed E-state index contributed by atoms with van der Waals surface area (Å²) < 4.78 is 16.2. The number of rotatable bonds is 7. The fourth-order valence-corrected chi connectivity index (χ4v) is 2.72. The zero-order chi connectivity index (χ0) is 17.7. The van der Waals surface area contributed by atoms with Crippen LogP contribution < -0.4 is 19.5 Å². The lowest BCUT2D eigenvalue weighted by Crippen LogP contribution is -2.42. The number of carbonyl (C=O) groups is 1. The molecule has 1 aliphatic rings. The summed E-state index contributed by atoms with van der Waals surface area (Å²) in [7, 11) is 3.45. The molecule has 0 saturated heterocycles. The number of hydrogen-bond acceptors (Lipinski definition) is 5. The molecule has 1 atom stereocenters. The molecule has 0 radical (unpaired) electrons. The van der Waals surface area contributed by atoms with Gasteiger partial charge in [0.2, 0.25) is 12.5 Å². The zero-order valence-corrected chi connectivity index (χ0v) is 15.4. The molecule has 2 rings (SSSR count). The van der Waals surface area contributed by atoms with Gasteiger partial charge >= 0.3 is 0 Å². The van der Waals surface area contributed by atoms with Crippen LogP contribution in [0.1, 0.15) is 36.2 Å². The minimum absolute atomic E-state index is 0.135. The minimum Gasteiger partial charge on any atom is -0.492 e. The highest BCUT2D eigenvalue weighted by Gasteiger charge is 2.25. The molecule has 0 aliphatic carbocycles. The molecule has 0 fully saturated rings. The van der Waals surface area contributed by atoms with Gasteiger partial charge in [-0.25, -0.2) is 0 Å². The van der Waals surface area contributed by atoms with Crippen LogP contribution in [0.4, 0.5) is 0 Å². The first-order valence-corrected chi connectivity index (χ1v) is 8.38. The molecule has 24 heavy (non-hydrogen) atoms. The van der Waals surface area contributed by atoms with E-state index in [0.717, 1.165) is 18.3 Å². The Hall–Kier alpha value is -2.02. The molecule has 1 aromatic carbocycles. The summed E-state index contributed by atoms with van der Waals surface area (Å²) in [5.41, 5.74) is 1.35. The Morgan fingerprint density at radius 3 is 2.92 bits per heavy atom. The first kappa shape index (κ1) is 18.3. The van der Waals surface area contributed by atoms with E-state index in [9.17, 15) is 4.79 Å². The van der Waals surface area contributed by atoms with Crippen molar-refractivity contribution in [3.8, 4) is 17.2 Å². The van der Waals surface area contributed by atoms with Crippen molar-refractivity contribution in [2.45, 2.75) is 32.7 Å². The molecule has 1 aliphatic heterocycles. The molecule has 0 spiro atoms. The summed E-state index contributed by atoms with van der Waals surface area (Å²) in [5.74, 6) is 1.53. The summed E-state index contributed by atoms with van der Waals surface area (Å²) in [6.07, 6.45) is 2.44. The second-order valence-electron chi connectivity index (χ2n) is 5.76. The number of carbonyl (C=O) groups excluding carboxylic acids is 1. The van der Waals surface area contributed by atoms with Crippen LogP contribution in [0.25, 0.3) is 0 Å². The molecule has 0 bridgehead atoms. The smallest absolute Gasteiger partial charge is 0.231 e. The number of fused-ring (bicyclic) bond motifs is 1. The Morgan fingerprint density at radius 1 is 1.54 bits per heavy atom. The highest BCUT2D eigenvalue weighted by atomic mass is 32.1. The lowest BCUT2D eigenvalue weighted by molar-refractivity contribution is 0.111. The van der Waals surface area contributed by atoms with E-state index >= 15 is 0 Å². The van der Waals surface area contributed by atoms with E-state index in [1.807, 2.05) is 18.0 Å². The van der Waals surface area contributed by atoms with Gasteiger partial charge in [0.15, 0.2) is 22.9 Å². The Bertz CT molecular complexity index is 621. The first-order chi connectivity index (χ1) is 11.5. The highest BCUT2D eigenvalue weighted by Crippen LogP contribution is 2.44. The van der Waals surface area contributed by atoms with Crippen LogP contribution in [0, 0.1) is 0 Å². The van der Waals surface area contributed by atoms with Gasteiger partial charge in [0.1, 0.15) is 0 Å². The summed E-state index contributed by atoms with van der Waals surface area (Å²) in [4.78, 5) is 13.5. The van der Waals surface area contributed by atoms with Crippen molar-refractivity contribution >= 4 is 23.6 Å². The second kappa shape index (κ2) is 8.19. The van der Waals surface area contributed by atoms with Crippen molar-refractivity contribution in [1.82, 2.24) is 10.2 Å². The van der Waals surface area contributed by atoms with Crippen LogP contribution in [0.15, 0.2) is 6.07 Å². The van der Waals surface area contributed by atoms with Gasteiger partial charge in [0.05, 0.1) is 12.7 Å². The molecule has 1 aromatic rings. The van der Waals surface area contributed by atoms with Gasteiger partial charge in [-0.3, -0.25) is 4.79 Å². The average molecular weight is 352 g/mol. The average Bonchev–Trinajstić information content (AvgIpc) is 3.05. The normalized spacial score (nSPS) is 13.3. The standard InChI is InChI=1S/C17H24N2O4S/c1-5-11(2)18-17(24)19(3)7-6-12-8-14-16(23-10-22-14)15(21-4)13(12)9-20/h8-9,11H,5-7,10H2,1-4H3,(H,18,24). The Labute approximate surface area is 148 Å². The molecule has 1 N–H and O–H groups in total. The van der Waals surface area contributed by atoms with Crippen LogP contribution in [0.5, 0.6) is 17.2 Å². The molecule has 0 aromatic heterocycles. The van der Waals surface area contributed by atoms with Gasteiger partial charge in [0.25, 0.3) is 0 Å². The van der Waals surface area contributed by atoms with Crippen molar-refractivity contribution in [3.05, 3.63) is 17.2 Å². The fraction of sp³-hybridized carbons (Fsp3) is 0.529. The Kier molecular flexibility index (Phi) is 6.25. The van der Waals surface area contributed by atoms with E-state index in [1.165, 1.54) is 7.11 Å². The molecule has 1 unspecified atom stereocenters. The van der Waals surface area contributed by atoms with Gasteiger partial charge in [-0.05, 0) is 43.6 Å². The Morgan fingerprint density at radius 2 is 2.29 bits per heavy atom. The maximum Gasteiger partial charge on any atom is 0.231 e. The van der Waals surface area contributed by atoms with Gasteiger partial charge in [-0.2, -0.15) is 0 Å². The van der Waals surface area contributed by atoms with Crippen LogP contribution in [-0.4, -0.2) is 49.8 Å². The van der Waals surface area contributed by atoms with Crippen LogP contribution in [0.2, 0.25) is 0 Å². The second-order valence-corrected chi connectivity index (χ2v) is 6.15. The summed E-state index contributed by atoms with van der Waals surface area (Å²) in [5, 5.41) is 3.98. The van der Waals surface area contributed by atoms with E-state index in [0.29, 0.717) is 46.9 Å². The molecule has 6 nitrogen and oxygen atoms in total. The summed E-state index contributed by atoms with van der Waals surface area (Å²) in [6.45, 7) is 5.00. The van der Waals surface area contributed by atoms with Crippen molar-refractivity contribution in [2.75, 3.05) is 27.5 Å². The lowest BCUT2D eigenvalue weighted by Gasteiger charge is -2.24. The SMILES string of the molecule is CCC(C)NC(=S)N(C)CCc1cc2c(c(OC)c1C=O)OCO2. The zero-order valence-electron chi connectivity index (χ0n) is 14.5. The van der Waals surface area contributed by atoms with Crippen molar-refractivity contribution in [1.29, 1.82) is 0 Å². The predicted molar refractivity (Wildman–Crippen MR) is 96.3 cm³/mol. The van der Waals surface area contributed by atoms with Crippen LogP contribution >= 0.6 is 12.2 Å². The number of nitrogens with zero attached hydrogens (tertiary/aromatic N) is 1. The molecular formula is C17H24N2O4S. The predicted octanol–water partition coefficient (Wildman–Crippen LogP) is 2.38. The van der Waals surface area contributed by atoms with E-state index in [-0.39, 0.29) is 6.79 Å². The number of methoxy groups -OCH3 is 1. The van der Waals surface area contributed by atoms with E-state index < -0.39 is 0 Å². The first-order valence-electron chi connectivity index (χ1n) is 7.98. The largest absolute Gasteiger partial charge is 0.492 e. The topological polar surface area (TPSA) is 60.0 Å². The number of likely N-dealkylation sites (N-methyl/N-ethyl adjacent to an activating group) is 1. The number of hydrogen-bond donors (Lipinski definition) is 1. The van der Waals surface area contributed by atoms with Crippen LogP contribution in [0.3, 0.4) is 0 Å². The summed E-state index contributed by atoms with van der Waals surface area (Å²) >= 11 is 5.40. The van der Waals surface area contributed by atoms with Gasteiger partial charge in [-0.1, -0.05) is 6.92 Å². The summed E-state index contributed by atoms with van der Waals surface area (Å²) in [6, 6.07) is 2.17. The third kappa shape index (κ3) is 3.90. The number of aldehydes is 1.